The second kappa shape index (κ2) is 8.33. The molecule has 4 aromatic rings. The monoisotopic (exact) mass is 440 g/mol. The summed E-state index contributed by atoms with van der Waals surface area (Å²) in [5, 5.41) is 7.50. The van der Waals surface area contributed by atoms with Crippen LogP contribution in [0.3, 0.4) is 0 Å². The van der Waals surface area contributed by atoms with Gasteiger partial charge in [0, 0.05) is 19.2 Å². The topological polar surface area (TPSA) is 69.0 Å². The Morgan fingerprint density at radius 3 is 2.66 bits per heavy atom. The summed E-state index contributed by atoms with van der Waals surface area (Å²) in [6.45, 7) is 0.249. The maximum atomic E-state index is 13.2. The molecule has 0 aliphatic heterocycles. The van der Waals surface area contributed by atoms with Crippen molar-refractivity contribution in [2.45, 2.75) is 12.7 Å². The van der Waals surface area contributed by atoms with Gasteiger partial charge in [0.1, 0.15) is 5.75 Å². The molecule has 32 heavy (non-hydrogen) atoms. The van der Waals surface area contributed by atoms with Gasteiger partial charge in [0.05, 0.1) is 35.5 Å². The molecule has 0 aliphatic carbocycles. The van der Waals surface area contributed by atoms with Crippen molar-refractivity contribution in [1.82, 2.24) is 20.1 Å². The van der Waals surface area contributed by atoms with E-state index in [1.54, 1.807) is 26.3 Å². The minimum Gasteiger partial charge on any atom is -0.497 e. The molecule has 0 atom stereocenters. The van der Waals surface area contributed by atoms with Crippen molar-refractivity contribution in [2.75, 3.05) is 7.11 Å². The molecular formula is C23H19F3N4O2. The van der Waals surface area contributed by atoms with Gasteiger partial charge in [-0.05, 0) is 35.9 Å². The lowest BCUT2D eigenvalue weighted by Gasteiger charge is -2.11. The number of ether oxygens (including phenoxy) is 1. The molecule has 0 radical (unpaired) electrons. The number of nitrogens with zero attached hydrogens (tertiary/aromatic N) is 3. The van der Waals surface area contributed by atoms with Crippen LogP contribution in [0.1, 0.15) is 21.5 Å². The Balaban J connectivity index is 1.71. The van der Waals surface area contributed by atoms with Crippen LogP contribution in [0, 0.1) is 0 Å². The van der Waals surface area contributed by atoms with E-state index in [1.165, 1.54) is 29.1 Å². The Kier molecular flexibility index (Phi) is 5.56. The second-order valence-corrected chi connectivity index (χ2v) is 7.17. The highest BCUT2D eigenvalue weighted by molar-refractivity contribution is 6.06. The van der Waals surface area contributed by atoms with Gasteiger partial charge in [-0.3, -0.25) is 9.48 Å². The summed E-state index contributed by atoms with van der Waals surface area (Å²) < 4.78 is 46.2. The molecule has 6 nitrogen and oxygen atoms in total. The van der Waals surface area contributed by atoms with E-state index in [9.17, 15) is 18.0 Å². The summed E-state index contributed by atoms with van der Waals surface area (Å²) >= 11 is 0. The summed E-state index contributed by atoms with van der Waals surface area (Å²) in [6, 6.07) is 13.6. The van der Waals surface area contributed by atoms with Crippen molar-refractivity contribution in [3.8, 4) is 17.0 Å². The quantitative estimate of drug-likeness (QED) is 0.493. The van der Waals surface area contributed by atoms with E-state index in [-0.39, 0.29) is 29.3 Å². The Morgan fingerprint density at radius 2 is 1.91 bits per heavy atom. The van der Waals surface area contributed by atoms with E-state index in [0.717, 1.165) is 17.7 Å². The molecule has 1 N–H and O–H groups in total. The number of hydrogen-bond acceptors (Lipinski definition) is 4. The predicted molar refractivity (Wildman–Crippen MR) is 113 cm³/mol. The molecular weight excluding hydrogens is 421 g/mol. The van der Waals surface area contributed by atoms with Crippen molar-refractivity contribution in [3.05, 3.63) is 77.5 Å². The highest BCUT2D eigenvalue weighted by atomic mass is 19.4. The number of aryl methyl sites for hydroxylation is 1. The van der Waals surface area contributed by atoms with Crippen LogP contribution in [-0.4, -0.2) is 27.8 Å². The molecule has 0 saturated heterocycles. The molecule has 1 amide bonds. The van der Waals surface area contributed by atoms with Gasteiger partial charge >= 0.3 is 6.18 Å². The third kappa shape index (κ3) is 4.27. The first-order chi connectivity index (χ1) is 15.3. The van der Waals surface area contributed by atoms with E-state index in [1.807, 2.05) is 12.1 Å². The van der Waals surface area contributed by atoms with Crippen molar-refractivity contribution < 1.29 is 22.7 Å². The lowest BCUT2D eigenvalue weighted by molar-refractivity contribution is -0.137. The molecule has 164 valence electrons. The first-order valence-corrected chi connectivity index (χ1v) is 9.68. The molecule has 2 heterocycles. The standard InChI is InChI=1S/C23H19F3N4O2/c1-30-21-19(13-28-30)18(22(31)27-12-14-5-3-8-17(9-14)32-2)11-20(29-21)15-6-4-7-16(10-15)23(24,25)26/h3-11,13H,12H2,1-2H3,(H,27,31). The zero-order valence-electron chi connectivity index (χ0n) is 17.3. The average Bonchev–Trinajstić information content (AvgIpc) is 3.17. The molecule has 0 unspecified atom stereocenters. The van der Waals surface area contributed by atoms with E-state index in [4.69, 9.17) is 4.74 Å². The lowest BCUT2D eigenvalue weighted by Crippen LogP contribution is -2.23. The molecule has 0 fully saturated rings. The smallest absolute Gasteiger partial charge is 0.416 e. The molecule has 9 heteroatoms. The Bertz CT molecular complexity index is 1300. The van der Waals surface area contributed by atoms with Crippen LogP contribution in [0.2, 0.25) is 0 Å². The first kappa shape index (κ1) is 21.4. The number of methoxy groups -OCH3 is 1. The van der Waals surface area contributed by atoms with Gasteiger partial charge in [-0.2, -0.15) is 18.3 Å². The number of nitrogens with one attached hydrogen (secondary N) is 1. The average molecular weight is 440 g/mol. The summed E-state index contributed by atoms with van der Waals surface area (Å²) in [5.41, 5.74) is 1.23. The predicted octanol–water partition coefficient (Wildman–Crippen LogP) is 4.59. The number of amides is 1. The maximum Gasteiger partial charge on any atom is 0.416 e. The van der Waals surface area contributed by atoms with Gasteiger partial charge in [0.25, 0.3) is 5.91 Å². The van der Waals surface area contributed by atoms with Gasteiger partial charge in [0.2, 0.25) is 0 Å². The zero-order chi connectivity index (χ0) is 22.9. The largest absolute Gasteiger partial charge is 0.497 e. The maximum absolute atomic E-state index is 13.2. The van der Waals surface area contributed by atoms with E-state index in [2.05, 4.69) is 15.4 Å². The summed E-state index contributed by atoms with van der Waals surface area (Å²) in [6.07, 6.45) is -2.97. The number of fused-ring (bicyclic) bond motifs is 1. The van der Waals surface area contributed by atoms with Crippen molar-refractivity contribution >= 4 is 16.9 Å². The van der Waals surface area contributed by atoms with E-state index in [0.29, 0.717) is 16.8 Å². The number of halogens is 3. The summed E-state index contributed by atoms with van der Waals surface area (Å²) in [4.78, 5) is 17.5. The number of carbonyl (C=O) groups excluding carboxylic acids is 1. The number of hydrogen-bond donors (Lipinski definition) is 1. The first-order valence-electron chi connectivity index (χ1n) is 9.68. The van der Waals surface area contributed by atoms with Crippen LogP contribution in [0.25, 0.3) is 22.3 Å². The highest BCUT2D eigenvalue weighted by Crippen LogP contribution is 2.32. The Hall–Kier alpha value is -3.88. The molecule has 4 rings (SSSR count). The second-order valence-electron chi connectivity index (χ2n) is 7.17. The van der Waals surface area contributed by atoms with E-state index < -0.39 is 11.7 Å². The molecule has 0 saturated carbocycles. The van der Waals surface area contributed by atoms with Gasteiger partial charge < -0.3 is 10.1 Å². The van der Waals surface area contributed by atoms with Crippen molar-refractivity contribution in [1.29, 1.82) is 0 Å². The molecule has 2 aromatic heterocycles. The number of rotatable bonds is 5. The number of alkyl halides is 3. The van der Waals surface area contributed by atoms with Crippen molar-refractivity contribution in [2.24, 2.45) is 7.05 Å². The van der Waals surface area contributed by atoms with Gasteiger partial charge in [0.15, 0.2) is 5.65 Å². The fourth-order valence-corrected chi connectivity index (χ4v) is 3.37. The summed E-state index contributed by atoms with van der Waals surface area (Å²) in [5.74, 6) is 0.281. The summed E-state index contributed by atoms with van der Waals surface area (Å²) in [7, 11) is 3.21. The number of pyridine rings is 1. The Morgan fingerprint density at radius 1 is 1.12 bits per heavy atom. The fraction of sp³-hybridized carbons (Fsp3) is 0.174. The van der Waals surface area contributed by atoms with Crippen molar-refractivity contribution in [3.63, 3.8) is 0 Å². The van der Waals surface area contributed by atoms with Gasteiger partial charge in [-0.1, -0.05) is 24.3 Å². The number of carbonyl (C=O) groups is 1. The molecule has 2 aromatic carbocycles. The molecule has 0 bridgehead atoms. The molecule has 0 spiro atoms. The zero-order valence-corrected chi connectivity index (χ0v) is 17.3. The third-order valence-corrected chi connectivity index (χ3v) is 5.02. The minimum absolute atomic E-state index is 0.249. The fourth-order valence-electron chi connectivity index (χ4n) is 3.37. The SMILES string of the molecule is COc1cccc(CNC(=O)c2cc(-c3cccc(C(F)(F)F)c3)nc3c2cnn3C)c1. The number of benzene rings is 2. The lowest BCUT2D eigenvalue weighted by atomic mass is 10.0. The minimum atomic E-state index is -4.48. The van der Waals surface area contributed by atoms with Crippen LogP contribution in [-0.2, 0) is 19.8 Å². The van der Waals surface area contributed by atoms with Gasteiger partial charge in [-0.25, -0.2) is 4.98 Å². The van der Waals surface area contributed by atoms with Crippen LogP contribution >= 0.6 is 0 Å². The normalized spacial score (nSPS) is 11.5. The van der Waals surface area contributed by atoms with Gasteiger partial charge in [-0.15, -0.1) is 0 Å². The third-order valence-electron chi connectivity index (χ3n) is 5.02. The highest BCUT2D eigenvalue weighted by Gasteiger charge is 2.30. The van der Waals surface area contributed by atoms with E-state index >= 15 is 0 Å². The van der Waals surface area contributed by atoms with Crippen LogP contribution in [0.5, 0.6) is 5.75 Å². The Labute approximate surface area is 181 Å². The van der Waals surface area contributed by atoms with Crippen LogP contribution < -0.4 is 10.1 Å². The van der Waals surface area contributed by atoms with Crippen LogP contribution in [0.15, 0.2) is 60.8 Å². The van der Waals surface area contributed by atoms with Crippen LogP contribution in [0.4, 0.5) is 13.2 Å². The molecule has 0 aliphatic rings. The number of aromatic nitrogens is 3.